The SMILES string of the molecule is O=C(O)c1ccc(C(=O)Nc2ccc(C(=O)N3CCCCC3)c(Cl)c2)cc1. The number of carbonyl (C=O) groups is 3. The number of halogens is 1. The number of hydrogen-bond donors (Lipinski definition) is 2. The molecule has 0 bridgehead atoms. The van der Waals surface area contributed by atoms with E-state index in [0.29, 0.717) is 16.8 Å². The molecule has 0 spiro atoms. The van der Waals surface area contributed by atoms with Crippen molar-refractivity contribution in [2.75, 3.05) is 18.4 Å². The molecule has 140 valence electrons. The summed E-state index contributed by atoms with van der Waals surface area (Å²) in [6.45, 7) is 1.47. The topological polar surface area (TPSA) is 86.7 Å². The van der Waals surface area contributed by atoms with Crippen LogP contribution in [0.15, 0.2) is 42.5 Å². The quantitative estimate of drug-likeness (QED) is 0.833. The summed E-state index contributed by atoms with van der Waals surface area (Å²) >= 11 is 6.26. The fourth-order valence-electron chi connectivity index (χ4n) is 3.00. The van der Waals surface area contributed by atoms with E-state index >= 15 is 0 Å². The van der Waals surface area contributed by atoms with Crippen LogP contribution in [0.2, 0.25) is 5.02 Å². The van der Waals surface area contributed by atoms with Gasteiger partial charge in [0.25, 0.3) is 11.8 Å². The van der Waals surface area contributed by atoms with Crippen molar-refractivity contribution in [3.63, 3.8) is 0 Å². The van der Waals surface area contributed by atoms with Crippen molar-refractivity contribution < 1.29 is 19.5 Å². The van der Waals surface area contributed by atoms with Crippen LogP contribution in [-0.2, 0) is 0 Å². The first-order valence-electron chi connectivity index (χ1n) is 8.69. The van der Waals surface area contributed by atoms with E-state index in [-0.39, 0.29) is 16.5 Å². The van der Waals surface area contributed by atoms with Crippen LogP contribution in [-0.4, -0.2) is 40.9 Å². The highest BCUT2D eigenvalue weighted by atomic mass is 35.5. The average molecular weight is 387 g/mol. The summed E-state index contributed by atoms with van der Waals surface area (Å²) in [5, 5.41) is 11.9. The van der Waals surface area contributed by atoms with Gasteiger partial charge >= 0.3 is 5.97 Å². The molecule has 1 heterocycles. The summed E-state index contributed by atoms with van der Waals surface area (Å²) in [4.78, 5) is 37.5. The number of rotatable bonds is 4. The molecular formula is C20H19ClN2O4. The number of aromatic carboxylic acids is 1. The maximum absolute atomic E-state index is 12.6. The Morgan fingerprint density at radius 2 is 1.56 bits per heavy atom. The van der Waals surface area contributed by atoms with Gasteiger partial charge in [-0.15, -0.1) is 0 Å². The molecule has 3 rings (SSSR count). The van der Waals surface area contributed by atoms with Gasteiger partial charge in [0.05, 0.1) is 16.1 Å². The molecule has 0 unspecified atom stereocenters. The highest BCUT2D eigenvalue weighted by molar-refractivity contribution is 6.34. The minimum atomic E-state index is -1.05. The Bertz CT molecular complexity index is 874. The highest BCUT2D eigenvalue weighted by Gasteiger charge is 2.20. The molecule has 0 aromatic heterocycles. The summed E-state index contributed by atoms with van der Waals surface area (Å²) in [6.07, 6.45) is 3.13. The maximum atomic E-state index is 12.6. The summed E-state index contributed by atoms with van der Waals surface area (Å²) in [5.41, 5.74) is 1.31. The lowest BCUT2D eigenvalue weighted by molar-refractivity contribution is 0.0694. The molecule has 0 aliphatic carbocycles. The fraction of sp³-hybridized carbons (Fsp3) is 0.250. The van der Waals surface area contributed by atoms with Gasteiger partial charge in [0.15, 0.2) is 0 Å². The number of carboxylic acids is 1. The minimum absolute atomic E-state index is 0.0955. The number of anilines is 1. The van der Waals surface area contributed by atoms with E-state index < -0.39 is 11.9 Å². The van der Waals surface area contributed by atoms with E-state index in [9.17, 15) is 14.4 Å². The lowest BCUT2D eigenvalue weighted by atomic mass is 10.1. The van der Waals surface area contributed by atoms with E-state index in [2.05, 4.69) is 5.32 Å². The standard InChI is InChI=1S/C20H19ClN2O4/c21-17-12-15(8-9-16(17)19(25)23-10-2-1-3-11-23)22-18(24)13-4-6-14(7-5-13)20(26)27/h4-9,12H,1-3,10-11H2,(H,22,24)(H,26,27). The Kier molecular flexibility index (Phi) is 5.76. The number of benzene rings is 2. The van der Waals surface area contributed by atoms with E-state index in [4.69, 9.17) is 16.7 Å². The lowest BCUT2D eigenvalue weighted by Gasteiger charge is -2.27. The smallest absolute Gasteiger partial charge is 0.335 e. The first kappa shape index (κ1) is 18.9. The third-order valence-electron chi connectivity index (χ3n) is 4.49. The van der Waals surface area contributed by atoms with Gasteiger partial charge in [-0.25, -0.2) is 4.79 Å². The number of amides is 2. The van der Waals surface area contributed by atoms with Crippen LogP contribution in [0.1, 0.15) is 50.3 Å². The van der Waals surface area contributed by atoms with Gasteiger partial charge < -0.3 is 15.3 Å². The maximum Gasteiger partial charge on any atom is 0.335 e. The molecule has 2 aromatic carbocycles. The summed E-state index contributed by atoms with van der Waals surface area (Å²) in [6, 6.07) is 10.4. The van der Waals surface area contributed by atoms with Crippen molar-refractivity contribution in [3.8, 4) is 0 Å². The zero-order valence-electron chi connectivity index (χ0n) is 14.6. The number of carboxylic acid groups (broad SMARTS) is 1. The first-order chi connectivity index (χ1) is 13.0. The molecule has 1 aliphatic rings. The number of hydrogen-bond acceptors (Lipinski definition) is 3. The van der Waals surface area contributed by atoms with E-state index in [1.165, 1.54) is 24.3 Å². The molecule has 27 heavy (non-hydrogen) atoms. The Balaban J connectivity index is 1.70. The van der Waals surface area contributed by atoms with Crippen molar-refractivity contribution in [1.29, 1.82) is 0 Å². The third-order valence-corrected chi connectivity index (χ3v) is 4.81. The van der Waals surface area contributed by atoms with Crippen LogP contribution in [0.5, 0.6) is 0 Å². The zero-order valence-corrected chi connectivity index (χ0v) is 15.3. The first-order valence-corrected chi connectivity index (χ1v) is 9.07. The number of nitrogens with one attached hydrogen (secondary N) is 1. The predicted octanol–water partition coefficient (Wildman–Crippen LogP) is 3.92. The predicted molar refractivity (Wildman–Crippen MR) is 103 cm³/mol. The van der Waals surface area contributed by atoms with Crippen molar-refractivity contribution in [3.05, 3.63) is 64.2 Å². The summed E-state index contributed by atoms with van der Waals surface area (Å²) in [5.74, 6) is -1.54. The van der Waals surface area contributed by atoms with Gasteiger partial charge in [0.2, 0.25) is 0 Å². The van der Waals surface area contributed by atoms with Crippen molar-refractivity contribution >= 4 is 35.1 Å². The van der Waals surface area contributed by atoms with Crippen molar-refractivity contribution in [2.45, 2.75) is 19.3 Å². The van der Waals surface area contributed by atoms with Crippen LogP contribution in [0.4, 0.5) is 5.69 Å². The molecule has 0 saturated carbocycles. The third kappa shape index (κ3) is 4.46. The normalized spacial score (nSPS) is 13.9. The van der Waals surface area contributed by atoms with E-state index in [0.717, 1.165) is 32.4 Å². The Hall–Kier alpha value is -2.86. The Morgan fingerprint density at radius 1 is 0.926 bits per heavy atom. The van der Waals surface area contributed by atoms with E-state index in [1.807, 2.05) is 0 Å². The van der Waals surface area contributed by atoms with E-state index in [1.54, 1.807) is 23.1 Å². The molecule has 1 fully saturated rings. The van der Waals surface area contributed by atoms with Crippen molar-refractivity contribution in [1.82, 2.24) is 4.90 Å². The molecular weight excluding hydrogens is 368 g/mol. The van der Waals surface area contributed by atoms with Crippen LogP contribution in [0, 0.1) is 0 Å². The highest BCUT2D eigenvalue weighted by Crippen LogP contribution is 2.24. The molecule has 1 aliphatic heterocycles. The lowest BCUT2D eigenvalue weighted by Crippen LogP contribution is -2.35. The van der Waals surface area contributed by atoms with Gasteiger partial charge in [-0.05, 0) is 61.7 Å². The number of likely N-dealkylation sites (tertiary alicyclic amines) is 1. The second-order valence-corrected chi connectivity index (χ2v) is 6.79. The van der Waals surface area contributed by atoms with Crippen LogP contribution < -0.4 is 5.32 Å². The summed E-state index contributed by atoms with van der Waals surface area (Å²) in [7, 11) is 0. The molecule has 2 N–H and O–H groups in total. The molecule has 1 saturated heterocycles. The van der Waals surface area contributed by atoms with Gasteiger partial charge in [-0.3, -0.25) is 9.59 Å². The average Bonchev–Trinajstić information content (AvgIpc) is 2.68. The second kappa shape index (κ2) is 8.22. The number of nitrogens with zero attached hydrogens (tertiary/aromatic N) is 1. The van der Waals surface area contributed by atoms with Crippen LogP contribution >= 0.6 is 11.6 Å². The molecule has 6 nitrogen and oxygen atoms in total. The van der Waals surface area contributed by atoms with Gasteiger partial charge in [0.1, 0.15) is 0 Å². The van der Waals surface area contributed by atoms with Gasteiger partial charge in [0, 0.05) is 24.3 Å². The Labute approximate surface area is 161 Å². The number of piperidine rings is 1. The fourth-order valence-corrected chi connectivity index (χ4v) is 3.26. The molecule has 2 amide bonds. The Morgan fingerprint density at radius 3 is 2.15 bits per heavy atom. The minimum Gasteiger partial charge on any atom is -0.478 e. The zero-order chi connectivity index (χ0) is 19.4. The van der Waals surface area contributed by atoms with Crippen molar-refractivity contribution in [2.24, 2.45) is 0 Å². The van der Waals surface area contributed by atoms with Crippen LogP contribution in [0.25, 0.3) is 0 Å². The molecule has 0 radical (unpaired) electrons. The second-order valence-electron chi connectivity index (χ2n) is 6.38. The molecule has 2 aromatic rings. The summed E-state index contributed by atoms with van der Waals surface area (Å²) < 4.78 is 0. The largest absolute Gasteiger partial charge is 0.478 e. The number of carbonyl (C=O) groups excluding carboxylic acids is 2. The van der Waals surface area contributed by atoms with Gasteiger partial charge in [-0.1, -0.05) is 11.6 Å². The van der Waals surface area contributed by atoms with Gasteiger partial charge in [-0.2, -0.15) is 0 Å². The monoisotopic (exact) mass is 386 g/mol. The molecule has 0 atom stereocenters. The molecule has 7 heteroatoms. The van der Waals surface area contributed by atoms with Crippen LogP contribution in [0.3, 0.4) is 0 Å².